The predicted molar refractivity (Wildman–Crippen MR) is 68.9 cm³/mol. The minimum atomic E-state index is -0.0280. The van der Waals surface area contributed by atoms with E-state index in [1.54, 1.807) is 6.20 Å². The SMILES string of the molecule is CC1CCCC(Oc2ncccc2[C@@H](C)N)C1. The van der Waals surface area contributed by atoms with Gasteiger partial charge in [0.2, 0.25) is 5.88 Å². The van der Waals surface area contributed by atoms with E-state index in [9.17, 15) is 0 Å². The van der Waals surface area contributed by atoms with Crippen LogP contribution in [-0.4, -0.2) is 11.1 Å². The number of ether oxygens (including phenoxy) is 1. The Balaban J connectivity index is 2.07. The normalized spacial score (nSPS) is 26.5. The van der Waals surface area contributed by atoms with Gasteiger partial charge in [0.05, 0.1) is 0 Å². The average molecular weight is 234 g/mol. The van der Waals surface area contributed by atoms with Gasteiger partial charge in [-0.05, 0) is 38.2 Å². The van der Waals surface area contributed by atoms with Crippen LogP contribution in [0.5, 0.6) is 5.88 Å². The quantitative estimate of drug-likeness (QED) is 0.874. The van der Waals surface area contributed by atoms with Gasteiger partial charge in [-0.2, -0.15) is 0 Å². The Morgan fingerprint density at radius 1 is 1.47 bits per heavy atom. The highest BCUT2D eigenvalue weighted by molar-refractivity contribution is 5.28. The molecular formula is C14H22N2O. The maximum Gasteiger partial charge on any atom is 0.218 e. The summed E-state index contributed by atoms with van der Waals surface area (Å²) < 4.78 is 6.03. The highest BCUT2D eigenvalue weighted by atomic mass is 16.5. The lowest BCUT2D eigenvalue weighted by molar-refractivity contribution is 0.122. The maximum absolute atomic E-state index is 6.03. The molecule has 0 radical (unpaired) electrons. The summed E-state index contributed by atoms with van der Waals surface area (Å²) in [6.07, 6.45) is 6.93. The molecule has 2 N–H and O–H groups in total. The molecule has 1 aliphatic carbocycles. The zero-order valence-electron chi connectivity index (χ0n) is 10.7. The van der Waals surface area contributed by atoms with E-state index in [0.717, 1.165) is 30.2 Å². The van der Waals surface area contributed by atoms with Crippen molar-refractivity contribution in [3.8, 4) is 5.88 Å². The van der Waals surface area contributed by atoms with Crippen molar-refractivity contribution >= 4 is 0 Å². The second kappa shape index (κ2) is 5.50. The second-order valence-electron chi connectivity index (χ2n) is 5.20. The minimum Gasteiger partial charge on any atom is -0.474 e. The Bertz CT molecular complexity index is 365. The summed E-state index contributed by atoms with van der Waals surface area (Å²) in [4.78, 5) is 4.32. The van der Waals surface area contributed by atoms with Gasteiger partial charge >= 0.3 is 0 Å². The molecule has 0 spiro atoms. The fourth-order valence-corrected chi connectivity index (χ4v) is 2.49. The Kier molecular flexibility index (Phi) is 4.00. The van der Waals surface area contributed by atoms with Crippen molar-refractivity contribution < 1.29 is 4.74 Å². The molecule has 0 amide bonds. The highest BCUT2D eigenvalue weighted by Crippen LogP contribution is 2.29. The number of aromatic nitrogens is 1. The van der Waals surface area contributed by atoms with Crippen LogP contribution in [0.1, 0.15) is 51.1 Å². The van der Waals surface area contributed by atoms with Crippen molar-refractivity contribution in [2.45, 2.75) is 51.7 Å². The largest absolute Gasteiger partial charge is 0.474 e. The minimum absolute atomic E-state index is 0.0280. The van der Waals surface area contributed by atoms with Crippen LogP contribution in [0, 0.1) is 5.92 Å². The average Bonchev–Trinajstić information content (AvgIpc) is 2.29. The van der Waals surface area contributed by atoms with Gasteiger partial charge in [0.25, 0.3) is 0 Å². The molecule has 0 saturated heterocycles. The monoisotopic (exact) mass is 234 g/mol. The first-order chi connectivity index (χ1) is 8.16. The second-order valence-corrected chi connectivity index (χ2v) is 5.20. The number of rotatable bonds is 3. The first kappa shape index (κ1) is 12.4. The van der Waals surface area contributed by atoms with Gasteiger partial charge in [-0.25, -0.2) is 4.98 Å². The molecule has 1 saturated carbocycles. The zero-order chi connectivity index (χ0) is 12.3. The fraction of sp³-hybridized carbons (Fsp3) is 0.643. The lowest BCUT2D eigenvalue weighted by atomic mass is 9.89. The van der Waals surface area contributed by atoms with Crippen LogP contribution < -0.4 is 10.5 Å². The van der Waals surface area contributed by atoms with Crippen LogP contribution in [0.25, 0.3) is 0 Å². The topological polar surface area (TPSA) is 48.1 Å². The molecule has 1 aliphatic rings. The molecule has 0 aliphatic heterocycles. The highest BCUT2D eigenvalue weighted by Gasteiger charge is 2.22. The summed E-state index contributed by atoms with van der Waals surface area (Å²) in [6, 6.07) is 3.88. The molecule has 3 nitrogen and oxygen atoms in total. The first-order valence-corrected chi connectivity index (χ1v) is 6.54. The third-order valence-corrected chi connectivity index (χ3v) is 3.46. The van der Waals surface area contributed by atoms with Crippen molar-refractivity contribution in [1.29, 1.82) is 0 Å². The van der Waals surface area contributed by atoms with Crippen molar-refractivity contribution in [3.05, 3.63) is 23.9 Å². The van der Waals surface area contributed by atoms with E-state index in [4.69, 9.17) is 10.5 Å². The number of hydrogen-bond acceptors (Lipinski definition) is 3. The third kappa shape index (κ3) is 3.19. The molecular weight excluding hydrogens is 212 g/mol. The van der Waals surface area contributed by atoms with Gasteiger partial charge in [0, 0.05) is 17.8 Å². The summed E-state index contributed by atoms with van der Waals surface area (Å²) >= 11 is 0. The van der Waals surface area contributed by atoms with Gasteiger partial charge in [-0.15, -0.1) is 0 Å². The van der Waals surface area contributed by atoms with Crippen molar-refractivity contribution in [2.24, 2.45) is 11.7 Å². The van der Waals surface area contributed by atoms with Crippen molar-refractivity contribution in [2.75, 3.05) is 0 Å². The van der Waals surface area contributed by atoms with E-state index < -0.39 is 0 Å². The van der Waals surface area contributed by atoms with Gasteiger partial charge in [-0.3, -0.25) is 0 Å². The Morgan fingerprint density at radius 3 is 3.00 bits per heavy atom. The standard InChI is InChI=1S/C14H22N2O/c1-10-5-3-6-12(9-10)17-14-13(11(2)15)7-4-8-16-14/h4,7-8,10-12H,3,5-6,9,15H2,1-2H3/t10?,11-,12?/m1/s1. The molecule has 17 heavy (non-hydrogen) atoms. The Hall–Kier alpha value is -1.09. The molecule has 2 rings (SSSR count). The summed E-state index contributed by atoms with van der Waals surface area (Å²) in [5.74, 6) is 1.48. The van der Waals surface area contributed by atoms with E-state index in [1.165, 1.54) is 12.8 Å². The first-order valence-electron chi connectivity index (χ1n) is 6.54. The molecule has 2 unspecified atom stereocenters. The van der Waals surface area contributed by atoms with Crippen LogP contribution in [0.15, 0.2) is 18.3 Å². The third-order valence-electron chi connectivity index (χ3n) is 3.46. The zero-order valence-corrected chi connectivity index (χ0v) is 10.7. The van der Waals surface area contributed by atoms with Crippen LogP contribution >= 0.6 is 0 Å². The molecule has 94 valence electrons. The number of nitrogens with two attached hydrogens (primary N) is 1. The van der Waals surface area contributed by atoms with Gasteiger partial charge < -0.3 is 10.5 Å². The maximum atomic E-state index is 6.03. The molecule has 1 heterocycles. The molecule has 1 aromatic rings. The summed E-state index contributed by atoms with van der Waals surface area (Å²) in [7, 11) is 0. The summed E-state index contributed by atoms with van der Waals surface area (Å²) in [5, 5.41) is 0. The van der Waals surface area contributed by atoms with E-state index in [2.05, 4.69) is 11.9 Å². The van der Waals surface area contributed by atoms with Crippen molar-refractivity contribution in [3.63, 3.8) is 0 Å². The Morgan fingerprint density at radius 2 is 2.29 bits per heavy atom. The van der Waals surface area contributed by atoms with Crippen molar-refractivity contribution in [1.82, 2.24) is 4.98 Å². The smallest absolute Gasteiger partial charge is 0.218 e. The lowest BCUT2D eigenvalue weighted by Crippen LogP contribution is -2.25. The fourth-order valence-electron chi connectivity index (χ4n) is 2.49. The number of nitrogens with zero attached hydrogens (tertiary/aromatic N) is 1. The molecule has 1 fully saturated rings. The number of pyridine rings is 1. The molecule has 1 aromatic heterocycles. The number of hydrogen-bond donors (Lipinski definition) is 1. The van der Waals surface area contributed by atoms with E-state index in [-0.39, 0.29) is 6.04 Å². The molecule has 0 bridgehead atoms. The van der Waals surface area contributed by atoms with Gasteiger partial charge in [0.15, 0.2) is 0 Å². The van der Waals surface area contributed by atoms with Gasteiger partial charge in [-0.1, -0.05) is 19.4 Å². The lowest BCUT2D eigenvalue weighted by Gasteiger charge is -2.27. The van der Waals surface area contributed by atoms with Gasteiger partial charge in [0.1, 0.15) is 6.10 Å². The van der Waals surface area contributed by atoms with Crippen LogP contribution in [0.2, 0.25) is 0 Å². The summed E-state index contributed by atoms with van der Waals surface area (Å²) in [5.41, 5.74) is 6.93. The van der Waals surface area contributed by atoms with Crippen LogP contribution in [0.4, 0.5) is 0 Å². The van der Waals surface area contributed by atoms with Crippen LogP contribution in [-0.2, 0) is 0 Å². The molecule has 3 heteroatoms. The molecule has 0 aromatic carbocycles. The predicted octanol–water partition coefficient (Wildman–Crippen LogP) is 3.06. The Labute approximate surface area is 103 Å². The molecule has 3 atom stereocenters. The summed E-state index contributed by atoms with van der Waals surface area (Å²) in [6.45, 7) is 4.26. The van der Waals surface area contributed by atoms with E-state index >= 15 is 0 Å². The van der Waals surface area contributed by atoms with Crippen LogP contribution in [0.3, 0.4) is 0 Å². The van der Waals surface area contributed by atoms with E-state index in [0.29, 0.717) is 6.10 Å². The van der Waals surface area contributed by atoms with E-state index in [1.807, 2.05) is 19.1 Å².